The van der Waals surface area contributed by atoms with Gasteiger partial charge in [-0.3, -0.25) is 4.79 Å². The highest BCUT2D eigenvalue weighted by Gasteiger charge is 2.53. The van der Waals surface area contributed by atoms with Crippen molar-refractivity contribution in [2.75, 3.05) is 0 Å². The van der Waals surface area contributed by atoms with Gasteiger partial charge in [0.1, 0.15) is 6.10 Å². The van der Waals surface area contributed by atoms with Crippen molar-refractivity contribution in [3.63, 3.8) is 0 Å². The average molecular weight is 498 g/mol. The number of fused-ring (bicyclic) bond motifs is 2. The van der Waals surface area contributed by atoms with Crippen LogP contribution >= 0.6 is 0 Å². The number of aromatic nitrogens is 2. The van der Waals surface area contributed by atoms with E-state index in [9.17, 15) is 28.1 Å². The number of carbonyl (C=O) groups excluding carboxylic acids is 1. The van der Waals surface area contributed by atoms with Gasteiger partial charge in [0.05, 0.1) is 17.2 Å². The van der Waals surface area contributed by atoms with E-state index in [1.807, 2.05) is 6.92 Å². The molecule has 0 N–H and O–H groups in total. The number of hydrogen-bond acceptors (Lipinski definition) is 6. The number of nitrogens with zero attached hydrogens (tertiary/aromatic N) is 4. The van der Waals surface area contributed by atoms with Crippen molar-refractivity contribution in [1.29, 1.82) is 0 Å². The molecule has 2 aliphatic rings. The number of carbonyl (C=O) groups is 1. The maximum atomic E-state index is 13.8. The molecule has 5 rings (SSSR count). The highest BCUT2D eigenvalue weighted by Crippen LogP contribution is 2.45. The van der Waals surface area contributed by atoms with Crippen LogP contribution in [0.1, 0.15) is 35.7 Å². The lowest BCUT2D eigenvalue weighted by molar-refractivity contribution is -0.389. The molecular formula is C25H21F3N4O4. The van der Waals surface area contributed by atoms with E-state index in [1.54, 1.807) is 35.2 Å². The topological polar surface area (TPSA) is 98.5 Å². The molecule has 1 aliphatic carbocycles. The first kappa shape index (κ1) is 23.7. The first-order valence-electron chi connectivity index (χ1n) is 11.4. The quantitative estimate of drug-likeness (QED) is 0.357. The Morgan fingerprint density at radius 1 is 1.11 bits per heavy atom. The highest BCUT2D eigenvalue weighted by molar-refractivity contribution is 6.01. The molecule has 11 heteroatoms. The van der Waals surface area contributed by atoms with E-state index in [1.165, 1.54) is 18.2 Å². The third-order valence-electron chi connectivity index (χ3n) is 6.91. The second-order valence-electron chi connectivity index (χ2n) is 8.97. The summed E-state index contributed by atoms with van der Waals surface area (Å²) in [5.41, 5.74) is 0.283. The first-order chi connectivity index (χ1) is 17.1. The molecule has 1 saturated carbocycles. The van der Waals surface area contributed by atoms with E-state index in [4.69, 9.17) is 4.74 Å². The second kappa shape index (κ2) is 8.89. The Hall–Kier alpha value is -4.02. The molecule has 4 atom stereocenters. The molecule has 0 radical (unpaired) electrons. The Balaban J connectivity index is 1.40. The van der Waals surface area contributed by atoms with Gasteiger partial charge in [-0.1, -0.05) is 12.1 Å². The SMILES string of the molecule is CC1C2CC(Oc3ccc(C(F)(F)F)cn3)C(C2)N1C(=O)c1ccccc1-c1cccc([N+](=O)[O-])n1. The second-order valence-corrected chi connectivity index (χ2v) is 8.97. The van der Waals surface area contributed by atoms with Crippen LogP contribution in [0.5, 0.6) is 5.88 Å². The molecule has 8 nitrogen and oxygen atoms in total. The van der Waals surface area contributed by atoms with Crippen LogP contribution in [0.3, 0.4) is 0 Å². The molecule has 36 heavy (non-hydrogen) atoms. The minimum atomic E-state index is -4.49. The molecule has 186 valence electrons. The minimum absolute atomic E-state index is 0.0711. The number of ether oxygens (including phenoxy) is 1. The number of amides is 1. The largest absolute Gasteiger partial charge is 0.472 e. The van der Waals surface area contributed by atoms with Crippen molar-refractivity contribution in [2.24, 2.45) is 5.92 Å². The summed E-state index contributed by atoms with van der Waals surface area (Å²) in [6.45, 7) is 1.96. The molecule has 1 amide bonds. The van der Waals surface area contributed by atoms with Crippen LogP contribution in [-0.2, 0) is 6.18 Å². The normalized spacial score (nSPS) is 23.1. The summed E-state index contributed by atoms with van der Waals surface area (Å²) >= 11 is 0. The third kappa shape index (κ3) is 4.25. The predicted molar refractivity (Wildman–Crippen MR) is 122 cm³/mol. The predicted octanol–water partition coefficient (Wildman–Crippen LogP) is 5.14. The molecule has 3 aromatic rings. The van der Waals surface area contributed by atoms with Gasteiger partial charge >= 0.3 is 12.0 Å². The summed E-state index contributed by atoms with van der Waals surface area (Å²) in [5, 5.41) is 11.2. The van der Waals surface area contributed by atoms with E-state index in [2.05, 4.69) is 9.97 Å². The maximum absolute atomic E-state index is 13.8. The zero-order chi connectivity index (χ0) is 25.6. The van der Waals surface area contributed by atoms with Crippen molar-refractivity contribution in [1.82, 2.24) is 14.9 Å². The number of alkyl halides is 3. The molecule has 1 aromatic carbocycles. The fraction of sp³-hybridized carbons (Fsp3) is 0.320. The number of piperidine rings is 1. The van der Waals surface area contributed by atoms with Crippen LogP contribution in [0.2, 0.25) is 0 Å². The Morgan fingerprint density at radius 3 is 2.56 bits per heavy atom. The maximum Gasteiger partial charge on any atom is 0.417 e. The lowest BCUT2D eigenvalue weighted by Gasteiger charge is -2.38. The van der Waals surface area contributed by atoms with Gasteiger partial charge in [-0.05, 0) is 65.9 Å². The van der Waals surface area contributed by atoms with Crippen LogP contribution in [0.15, 0.2) is 60.8 Å². The van der Waals surface area contributed by atoms with Gasteiger partial charge in [0.15, 0.2) is 5.69 Å². The summed E-state index contributed by atoms with van der Waals surface area (Å²) < 4.78 is 44.5. The van der Waals surface area contributed by atoms with E-state index in [0.29, 0.717) is 29.7 Å². The lowest BCUT2D eigenvalue weighted by Crippen LogP contribution is -2.51. The Morgan fingerprint density at radius 2 is 1.89 bits per heavy atom. The Kier molecular flexibility index (Phi) is 5.85. The number of hydrogen-bond donors (Lipinski definition) is 0. The first-order valence-corrected chi connectivity index (χ1v) is 11.4. The summed E-state index contributed by atoms with van der Waals surface area (Å²) in [5.74, 6) is -0.336. The van der Waals surface area contributed by atoms with Crippen molar-refractivity contribution in [3.05, 3.63) is 82.0 Å². The number of halogens is 3. The average Bonchev–Trinajstić information content (AvgIpc) is 3.41. The molecule has 1 saturated heterocycles. The van der Waals surface area contributed by atoms with Crippen LogP contribution < -0.4 is 4.74 Å². The van der Waals surface area contributed by atoms with Crippen molar-refractivity contribution in [3.8, 4) is 17.1 Å². The van der Waals surface area contributed by atoms with E-state index in [-0.39, 0.29) is 35.6 Å². The van der Waals surface area contributed by atoms with E-state index in [0.717, 1.165) is 12.3 Å². The van der Waals surface area contributed by atoms with Crippen LogP contribution in [0.25, 0.3) is 11.3 Å². The molecular weight excluding hydrogens is 477 g/mol. The van der Waals surface area contributed by atoms with E-state index < -0.39 is 22.8 Å². The Labute approximate surface area is 203 Å². The van der Waals surface area contributed by atoms with Gasteiger partial charge in [0.2, 0.25) is 5.88 Å². The van der Waals surface area contributed by atoms with Gasteiger partial charge < -0.3 is 19.8 Å². The molecule has 0 spiro atoms. The number of rotatable bonds is 5. The molecule has 2 bridgehead atoms. The van der Waals surface area contributed by atoms with Crippen molar-refractivity contribution >= 4 is 11.7 Å². The molecule has 1 aliphatic heterocycles. The van der Waals surface area contributed by atoms with Crippen LogP contribution in [0.4, 0.5) is 19.0 Å². The fourth-order valence-corrected chi connectivity index (χ4v) is 5.17. The number of nitro groups is 1. The van der Waals surface area contributed by atoms with Gasteiger partial charge in [-0.15, -0.1) is 0 Å². The van der Waals surface area contributed by atoms with Crippen molar-refractivity contribution in [2.45, 2.75) is 44.1 Å². The minimum Gasteiger partial charge on any atom is -0.472 e. The molecule has 2 aromatic heterocycles. The summed E-state index contributed by atoms with van der Waals surface area (Å²) in [7, 11) is 0. The summed E-state index contributed by atoms with van der Waals surface area (Å²) in [4.78, 5) is 34.0. The molecule has 3 heterocycles. The van der Waals surface area contributed by atoms with Gasteiger partial charge in [-0.25, -0.2) is 4.98 Å². The molecule has 2 fully saturated rings. The van der Waals surface area contributed by atoms with Crippen molar-refractivity contribution < 1.29 is 27.6 Å². The van der Waals surface area contributed by atoms with E-state index >= 15 is 0 Å². The zero-order valence-electron chi connectivity index (χ0n) is 19.1. The lowest BCUT2D eigenvalue weighted by atomic mass is 9.96. The van der Waals surface area contributed by atoms with Crippen LogP contribution in [-0.4, -0.2) is 43.9 Å². The number of benzene rings is 1. The number of likely N-dealkylation sites (tertiary alicyclic amines) is 1. The van der Waals surface area contributed by atoms with Crippen LogP contribution in [0, 0.1) is 16.0 Å². The van der Waals surface area contributed by atoms with Gasteiger partial charge in [0, 0.05) is 29.9 Å². The smallest absolute Gasteiger partial charge is 0.417 e. The monoisotopic (exact) mass is 498 g/mol. The zero-order valence-corrected chi connectivity index (χ0v) is 19.1. The van der Waals surface area contributed by atoms with Gasteiger partial charge in [-0.2, -0.15) is 13.2 Å². The highest BCUT2D eigenvalue weighted by atomic mass is 19.4. The third-order valence-corrected chi connectivity index (χ3v) is 6.91. The number of pyridine rings is 2. The standard InChI is InChI=1S/C25H21F3N4O4/c1-14-15-11-20(21(12-15)36-23-10-9-16(13-29-23)25(26,27)28)31(14)24(33)18-6-3-2-5-17(18)19-7-4-8-22(30-19)32(34)35/h2-10,13-15,20-21H,11-12H2,1H3. The fourth-order valence-electron chi connectivity index (χ4n) is 5.17. The summed E-state index contributed by atoms with van der Waals surface area (Å²) in [6.07, 6.45) is -2.81. The Bertz CT molecular complexity index is 1320. The van der Waals surface area contributed by atoms with Gasteiger partial charge in [0.25, 0.3) is 5.91 Å². The summed E-state index contributed by atoms with van der Waals surface area (Å²) in [6, 6.07) is 13.0. The molecule has 4 unspecified atom stereocenters.